The first-order valence-corrected chi connectivity index (χ1v) is 5.40. The van der Waals surface area contributed by atoms with Crippen LogP contribution in [0.5, 0.6) is 0 Å². The van der Waals surface area contributed by atoms with E-state index in [4.69, 9.17) is 10.5 Å². The number of hydrogen-bond donors (Lipinski definition) is 1. The first-order valence-electron chi connectivity index (χ1n) is 5.40. The molecule has 0 spiro atoms. The van der Waals surface area contributed by atoms with Crippen molar-refractivity contribution in [1.82, 2.24) is 0 Å². The van der Waals surface area contributed by atoms with Crippen LogP contribution >= 0.6 is 12.4 Å². The Morgan fingerprint density at radius 2 is 2.18 bits per heavy atom. The molecule has 0 saturated heterocycles. The van der Waals surface area contributed by atoms with Crippen LogP contribution in [-0.2, 0) is 16.0 Å². The summed E-state index contributed by atoms with van der Waals surface area (Å²) in [6.45, 7) is 1.15. The normalized spacial score (nSPS) is 14.2. The fourth-order valence-electron chi connectivity index (χ4n) is 2.01. The molecule has 1 heterocycles. The molecule has 0 unspecified atom stereocenters. The molecule has 1 aromatic carbocycles. The monoisotopic (exact) mass is 256 g/mol. The second-order valence-corrected chi connectivity index (χ2v) is 3.93. The van der Waals surface area contributed by atoms with Crippen molar-refractivity contribution in [3.05, 3.63) is 23.8 Å². The summed E-state index contributed by atoms with van der Waals surface area (Å²) in [6, 6.07) is 5.69. The van der Waals surface area contributed by atoms with Crippen LogP contribution in [0.15, 0.2) is 18.2 Å². The molecule has 2 rings (SSSR count). The molecule has 1 aliphatic heterocycles. The lowest BCUT2D eigenvalue weighted by Gasteiger charge is -2.29. The van der Waals surface area contributed by atoms with Gasteiger partial charge in [-0.15, -0.1) is 12.4 Å². The van der Waals surface area contributed by atoms with E-state index < -0.39 is 0 Å². The van der Waals surface area contributed by atoms with Gasteiger partial charge in [0.15, 0.2) is 0 Å². The molecule has 0 saturated carbocycles. The second-order valence-electron chi connectivity index (χ2n) is 3.93. The molecule has 0 radical (unpaired) electrons. The Kier molecular flexibility index (Phi) is 4.78. The summed E-state index contributed by atoms with van der Waals surface area (Å²) >= 11 is 0. The number of benzene rings is 1. The predicted octanol–water partition coefficient (Wildman–Crippen LogP) is 1.62. The van der Waals surface area contributed by atoms with Crippen molar-refractivity contribution in [1.29, 1.82) is 0 Å². The lowest BCUT2D eigenvalue weighted by atomic mass is 10.0. The lowest BCUT2D eigenvalue weighted by Crippen LogP contribution is -2.37. The summed E-state index contributed by atoms with van der Waals surface area (Å²) in [6.07, 6.45) is 1.34. The number of carbonyl (C=O) groups excluding carboxylic acids is 1. The second kappa shape index (κ2) is 5.89. The van der Waals surface area contributed by atoms with E-state index in [-0.39, 0.29) is 18.3 Å². The average molecular weight is 257 g/mol. The van der Waals surface area contributed by atoms with Crippen LogP contribution in [0.2, 0.25) is 0 Å². The van der Waals surface area contributed by atoms with E-state index in [2.05, 4.69) is 0 Å². The molecule has 4 nitrogen and oxygen atoms in total. The van der Waals surface area contributed by atoms with Gasteiger partial charge in [0.2, 0.25) is 5.91 Å². The Labute approximate surface area is 107 Å². The minimum atomic E-state index is 0. The summed E-state index contributed by atoms with van der Waals surface area (Å²) in [5.41, 5.74) is 8.61. The molecule has 2 N–H and O–H groups in total. The van der Waals surface area contributed by atoms with Gasteiger partial charge in [-0.3, -0.25) is 4.79 Å². The first-order chi connectivity index (χ1) is 7.72. The molecule has 0 aromatic heterocycles. The summed E-state index contributed by atoms with van der Waals surface area (Å²) < 4.78 is 5.01. The molecule has 0 fully saturated rings. The fourth-order valence-corrected chi connectivity index (χ4v) is 2.01. The maximum Gasteiger partial charge on any atom is 0.227 e. The van der Waals surface area contributed by atoms with E-state index in [0.29, 0.717) is 19.6 Å². The van der Waals surface area contributed by atoms with E-state index in [1.807, 2.05) is 18.2 Å². The Hall–Kier alpha value is -1.26. The molecule has 17 heavy (non-hydrogen) atoms. The Balaban J connectivity index is 0.00000144. The highest BCUT2D eigenvalue weighted by Crippen LogP contribution is 2.29. The number of nitrogen functional groups attached to an aromatic ring is 1. The molecule has 94 valence electrons. The van der Waals surface area contributed by atoms with E-state index in [9.17, 15) is 4.79 Å². The SMILES string of the molecule is COCCN1C(=O)CCc2cc(N)ccc21.Cl. The third kappa shape index (κ3) is 2.90. The van der Waals surface area contributed by atoms with Crippen molar-refractivity contribution in [2.24, 2.45) is 0 Å². The number of fused-ring (bicyclic) bond motifs is 1. The number of halogens is 1. The van der Waals surface area contributed by atoms with Crippen molar-refractivity contribution in [3.63, 3.8) is 0 Å². The average Bonchev–Trinajstić information content (AvgIpc) is 2.28. The van der Waals surface area contributed by atoms with Gasteiger partial charge < -0.3 is 15.4 Å². The number of rotatable bonds is 3. The number of anilines is 2. The van der Waals surface area contributed by atoms with Gasteiger partial charge in [0, 0.05) is 31.5 Å². The molecule has 1 amide bonds. The molecule has 1 aliphatic rings. The summed E-state index contributed by atoms with van der Waals surface area (Å²) in [7, 11) is 1.64. The van der Waals surface area contributed by atoms with E-state index in [1.54, 1.807) is 12.0 Å². The van der Waals surface area contributed by atoms with Gasteiger partial charge in [-0.1, -0.05) is 0 Å². The van der Waals surface area contributed by atoms with Crippen molar-refractivity contribution in [2.75, 3.05) is 30.9 Å². The number of aryl methyl sites for hydroxylation is 1. The van der Waals surface area contributed by atoms with Crippen LogP contribution in [0.1, 0.15) is 12.0 Å². The molecular formula is C12H17ClN2O2. The third-order valence-corrected chi connectivity index (χ3v) is 2.82. The Bertz CT molecular complexity index is 409. The fraction of sp³-hybridized carbons (Fsp3) is 0.417. The quantitative estimate of drug-likeness (QED) is 0.836. The van der Waals surface area contributed by atoms with Gasteiger partial charge in [-0.05, 0) is 30.2 Å². The molecule has 1 aromatic rings. The van der Waals surface area contributed by atoms with Gasteiger partial charge in [0.25, 0.3) is 0 Å². The number of methoxy groups -OCH3 is 1. The Morgan fingerprint density at radius 3 is 2.88 bits per heavy atom. The summed E-state index contributed by atoms with van der Waals surface area (Å²) in [5, 5.41) is 0. The number of amides is 1. The van der Waals surface area contributed by atoms with Gasteiger partial charge in [0.05, 0.1) is 6.61 Å². The van der Waals surface area contributed by atoms with Crippen molar-refractivity contribution >= 4 is 29.7 Å². The minimum absolute atomic E-state index is 0. The number of carbonyl (C=O) groups is 1. The van der Waals surface area contributed by atoms with E-state index >= 15 is 0 Å². The minimum Gasteiger partial charge on any atom is -0.399 e. The zero-order valence-corrected chi connectivity index (χ0v) is 10.6. The largest absolute Gasteiger partial charge is 0.399 e. The number of nitrogens with two attached hydrogens (primary N) is 1. The Morgan fingerprint density at radius 1 is 1.41 bits per heavy atom. The van der Waals surface area contributed by atoms with Gasteiger partial charge in [-0.2, -0.15) is 0 Å². The molecular weight excluding hydrogens is 240 g/mol. The predicted molar refractivity (Wildman–Crippen MR) is 70.7 cm³/mol. The summed E-state index contributed by atoms with van der Waals surface area (Å²) in [5.74, 6) is 0.161. The highest BCUT2D eigenvalue weighted by Gasteiger charge is 2.23. The standard InChI is InChI=1S/C12H16N2O2.ClH/c1-16-7-6-14-11-4-3-10(13)8-9(11)2-5-12(14)15;/h3-4,8H,2,5-7,13H2,1H3;1H. The zero-order valence-electron chi connectivity index (χ0n) is 9.81. The van der Waals surface area contributed by atoms with Crippen molar-refractivity contribution in [2.45, 2.75) is 12.8 Å². The van der Waals surface area contributed by atoms with Crippen LogP contribution in [0, 0.1) is 0 Å². The van der Waals surface area contributed by atoms with Crippen molar-refractivity contribution < 1.29 is 9.53 Å². The summed E-state index contributed by atoms with van der Waals surface area (Å²) in [4.78, 5) is 13.6. The molecule has 0 aliphatic carbocycles. The van der Waals surface area contributed by atoms with Crippen LogP contribution < -0.4 is 10.6 Å². The van der Waals surface area contributed by atoms with Crippen LogP contribution in [0.25, 0.3) is 0 Å². The number of hydrogen-bond acceptors (Lipinski definition) is 3. The molecule has 0 bridgehead atoms. The van der Waals surface area contributed by atoms with E-state index in [1.165, 1.54) is 0 Å². The van der Waals surface area contributed by atoms with Crippen molar-refractivity contribution in [3.8, 4) is 0 Å². The lowest BCUT2D eigenvalue weighted by molar-refractivity contribution is -0.119. The van der Waals surface area contributed by atoms with E-state index in [0.717, 1.165) is 23.4 Å². The highest BCUT2D eigenvalue weighted by molar-refractivity contribution is 5.96. The highest BCUT2D eigenvalue weighted by atomic mass is 35.5. The number of nitrogens with zero attached hydrogens (tertiary/aromatic N) is 1. The van der Waals surface area contributed by atoms with Gasteiger partial charge in [-0.25, -0.2) is 0 Å². The maximum atomic E-state index is 11.8. The van der Waals surface area contributed by atoms with Crippen LogP contribution in [0.4, 0.5) is 11.4 Å². The zero-order chi connectivity index (χ0) is 11.5. The topological polar surface area (TPSA) is 55.6 Å². The van der Waals surface area contributed by atoms with Crippen LogP contribution in [-0.4, -0.2) is 26.2 Å². The first kappa shape index (κ1) is 13.8. The van der Waals surface area contributed by atoms with Gasteiger partial charge in [0.1, 0.15) is 0 Å². The maximum absolute atomic E-state index is 11.8. The molecule has 5 heteroatoms. The number of ether oxygens (including phenoxy) is 1. The third-order valence-electron chi connectivity index (χ3n) is 2.82. The van der Waals surface area contributed by atoms with Crippen LogP contribution in [0.3, 0.4) is 0 Å². The molecule has 0 atom stereocenters. The smallest absolute Gasteiger partial charge is 0.227 e. The van der Waals surface area contributed by atoms with Gasteiger partial charge >= 0.3 is 0 Å².